The molecule has 0 heterocycles. The summed E-state index contributed by atoms with van der Waals surface area (Å²) in [5, 5.41) is 8.55. The largest absolute Gasteiger partial charge is 0.192 e. The van der Waals surface area contributed by atoms with E-state index in [2.05, 4.69) is 12.6 Å². The molecule has 1 aromatic carbocycles. The Hall–Kier alpha value is -1.55. The maximum absolute atomic E-state index is 8.55. The zero-order chi connectivity index (χ0) is 8.10. The average molecular weight is 143 g/mol. The molecule has 1 nitrogen and oxygen atoms in total. The third-order valence-corrected chi connectivity index (χ3v) is 1.44. The van der Waals surface area contributed by atoms with Gasteiger partial charge < -0.3 is 0 Å². The van der Waals surface area contributed by atoms with E-state index in [0.29, 0.717) is 5.56 Å². The van der Waals surface area contributed by atoms with E-state index in [1.165, 1.54) is 0 Å². The Balaban J connectivity index is 2.93. The van der Waals surface area contributed by atoms with Crippen LogP contribution < -0.4 is 0 Å². The first-order valence-electron chi connectivity index (χ1n) is 3.47. The highest BCUT2D eigenvalue weighted by Crippen LogP contribution is 2.04. The molecule has 0 saturated heterocycles. The minimum Gasteiger partial charge on any atom is -0.192 e. The van der Waals surface area contributed by atoms with E-state index < -0.39 is 0 Å². The van der Waals surface area contributed by atoms with Crippen LogP contribution in [-0.2, 0) is 6.42 Å². The monoisotopic (exact) mass is 143 g/mol. The van der Waals surface area contributed by atoms with Crippen molar-refractivity contribution in [2.75, 3.05) is 0 Å². The molecule has 1 rings (SSSR count). The first-order chi connectivity index (χ1) is 5.36. The molecule has 0 aromatic heterocycles. The summed E-state index contributed by atoms with van der Waals surface area (Å²) in [4.78, 5) is 0. The molecule has 0 atom stereocenters. The molecule has 54 valence electrons. The van der Waals surface area contributed by atoms with Crippen LogP contribution in [0.4, 0.5) is 0 Å². The van der Waals surface area contributed by atoms with Crippen LogP contribution in [0, 0.1) is 11.3 Å². The van der Waals surface area contributed by atoms with Gasteiger partial charge in [-0.2, -0.15) is 5.26 Å². The third-order valence-electron chi connectivity index (χ3n) is 1.44. The zero-order valence-corrected chi connectivity index (χ0v) is 6.25. The fourth-order valence-corrected chi connectivity index (χ4v) is 0.935. The van der Waals surface area contributed by atoms with Crippen molar-refractivity contribution >= 4 is 0 Å². The molecule has 0 aliphatic heterocycles. The van der Waals surface area contributed by atoms with Crippen LogP contribution >= 0.6 is 0 Å². The summed E-state index contributed by atoms with van der Waals surface area (Å²) >= 11 is 0. The first kappa shape index (κ1) is 7.56. The molecule has 0 radical (unpaired) electrons. The van der Waals surface area contributed by atoms with Gasteiger partial charge in [-0.05, 0) is 24.1 Å². The van der Waals surface area contributed by atoms with Gasteiger partial charge in [0.2, 0.25) is 0 Å². The van der Waals surface area contributed by atoms with Gasteiger partial charge in [-0.3, -0.25) is 0 Å². The van der Waals surface area contributed by atoms with Gasteiger partial charge in [0.1, 0.15) is 0 Å². The average Bonchev–Trinajstić information content (AvgIpc) is 2.06. The van der Waals surface area contributed by atoms with Gasteiger partial charge in [0.15, 0.2) is 0 Å². The fraction of sp³-hybridized carbons (Fsp3) is 0.100. The molecule has 0 unspecified atom stereocenters. The van der Waals surface area contributed by atoms with Crippen LogP contribution in [0.2, 0.25) is 0 Å². The van der Waals surface area contributed by atoms with Crippen LogP contribution in [0.3, 0.4) is 0 Å². The Labute approximate surface area is 66.6 Å². The van der Waals surface area contributed by atoms with Crippen LogP contribution in [-0.4, -0.2) is 0 Å². The van der Waals surface area contributed by atoms with Gasteiger partial charge in [0.25, 0.3) is 0 Å². The van der Waals surface area contributed by atoms with E-state index in [1.54, 1.807) is 6.07 Å². The van der Waals surface area contributed by atoms with Crippen molar-refractivity contribution in [1.29, 1.82) is 5.26 Å². The Morgan fingerprint density at radius 3 is 3.00 bits per heavy atom. The maximum Gasteiger partial charge on any atom is 0.0991 e. The van der Waals surface area contributed by atoms with Crippen molar-refractivity contribution in [3.63, 3.8) is 0 Å². The Kier molecular flexibility index (Phi) is 2.46. The minimum atomic E-state index is 0.712. The van der Waals surface area contributed by atoms with Gasteiger partial charge in [0, 0.05) is 0 Å². The molecule has 1 heteroatoms. The summed E-state index contributed by atoms with van der Waals surface area (Å²) in [5.74, 6) is 0. The molecule has 0 spiro atoms. The highest BCUT2D eigenvalue weighted by Gasteiger charge is 1.90. The quantitative estimate of drug-likeness (QED) is 0.583. The molecule has 0 fully saturated rings. The second-order valence-electron chi connectivity index (χ2n) is 2.30. The van der Waals surface area contributed by atoms with Crippen LogP contribution in [0.5, 0.6) is 0 Å². The molecule has 11 heavy (non-hydrogen) atoms. The molecular weight excluding hydrogens is 134 g/mol. The van der Waals surface area contributed by atoms with Crippen molar-refractivity contribution in [1.82, 2.24) is 0 Å². The van der Waals surface area contributed by atoms with Gasteiger partial charge in [0.05, 0.1) is 11.6 Å². The molecule has 0 aliphatic carbocycles. The van der Waals surface area contributed by atoms with Crippen molar-refractivity contribution in [2.24, 2.45) is 0 Å². The topological polar surface area (TPSA) is 23.8 Å². The maximum atomic E-state index is 8.55. The summed E-state index contributed by atoms with van der Waals surface area (Å²) in [7, 11) is 0. The lowest BCUT2D eigenvalue weighted by Crippen LogP contribution is -1.81. The normalized spacial score (nSPS) is 8.64. The highest BCUT2D eigenvalue weighted by atomic mass is 14.2. The number of benzene rings is 1. The smallest absolute Gasteiger partial charge is 0.0991 e. The second-order valence-corrected chi connectivity index (χ2v) is 2.30. The highest BCUT2D eigenvalue weighted by molar-refractivity contribution is 5.33. The Morgan fingerprint density at radius 1 is 1.55 bits per heavy atom. The van der Waals surface area contributed by atoms with Crippen LogP contribution in [0.1, 0.15) is 11.1 Å². The summed E-state index contributed by atoms with van der Waals surface area (Å²) < 4.78 is 0. The minimum absolute atomic E-state index is 0.712. The molecule has 0 amide bonds. The molecule has 0 bridgehead atoms. The molecule has 0 aliphatic rings. The third kappa shape index (κ3) is 1.94. The summed E-state index contributed by atoms with van der Waals surface area (Å²) in [5.41, 5.74) is 1.85. The summed E-state index contributed by atoms with van der Waals surface area (Å²) in [6, 6.07) is 9.64. The van der Waals surface area contributed by atoms with E-state index in [-0.39, 0.29) is 0 Å². The number of nitriles is 1. The number of allylic oxidation sites excluding steroid dienone is 1. The molecule has 0 saturated carbocycles. The number of hydrogen-bond donors (Lipinski definition) is 0. The standard InChI is InChI=1S/C10H9N/c1-2-4-9-5-3-6-10(7-9)8-11/h2-3,5-7H,1,4H2. The van der Waals surface area contributed by atoms with Gasteiger partial charge in [-0.15, -0.1) is 6.58 Å². The lowest BCUT2D eigenvalue weighted by Gasteiger charge is -1.94. The van der Waals surface area contributed by atoms with Gasteiger partial charge in [-0.1, -0.05) is 18.2 Å². The predicted molar refractivity (Wildman–Crippen MR) is 45.1 cm³/mol. The van der Waals surface area contributed by atoms with Gasteiger partial charge >= 0.3 is 0 Å². The summed E-state index contributed by atoms with van der Waals surface area (Å²) in [6.07, 6.45) is 2.66. The van der Waals surface area contributed by atoms with Crippen molar-refractivity contribution in [3.8, 4) is 6.07 Å². The molecule has 1 aromatic rings. The number of rotatable bonds is 2. The summed E-state index contributed by atoms with van der Waals surface area (Å²) in [6.45, 7) is 3.63. The predicted octanol–water partition coefficient (Wildman–Crippen LogP) is 2.29. The van der Waals surface area contributed by atoms with E-state index in [4.69, 9.17) is 5.26 Å². The van der Waals surface area contributed by atoms with Crippen molar-refractivity contribution in [2.45, 2.75) is 6.42 Å². The van der Waals surface area contributed by atoms with Crippen molar-refractivity contribution < 1.29 is 0 Å². The van der Waals surface area contributed by atoms with Crippen LogP contribution in [0.25, 0.3) is 0 Å². The Bertz CT molecular complexity index is 294. The van der Waals surface area contributed by atoms with Gasteiger partial charge in [-0.25, -0.2) is 0 Å². The second kappa shape index (κ2) is 3.58. The van der Waals surface area contributed by atoms with E-state index in [0.717, 1.165) is 12.0 Å². The lowest BCUT2D eigenvalue weighted by atomic mass is 10.1. The van der Waals surface area contributed by atoms with E-state index in [1.807, 2.05) is 24.3 Å². The fourth-order valence-electron chi connectivity index (χ4n) is 0.935. The molecule has 0 N–H and O–H groups in total. The van der Waals surface area contributed by atoms with Crippen molar-refractivity contribution in [3.05, 3.63) is 48.0 Å². The SMILES string of the molecule is C=CCc1cccc(C#N)c1. The number of hydrogen-bond acceptors (Lipinski definition) is 1. The van der Waals surface area contributed by atoms with Crippen LogP contribution in [0.15, 0.2) is 36.9 Å². The van der Waals surface area contributed by atoms with E-state index >= 15 is 0 Å². The van der Waals surface area contributed by atoms with E-state index in [9.17, 15) is 0 Å². The molecular formula is C10H9N. The zero-order valence-electron chi connectivity index (χ0n) is 6.25. The lowest BCUT2D eigenvalue weighted by molar-refractivity contribution is 1.27. The first-order valence-corrected chi connectivity index (χ1v) is 3.47. The number of nitrogens with zero attached hydrogens (tertiary/aromatic N) is 1. The Morgan fingerprint density at radius 2 is 2.36 bits per heavy atom.